The van der Waals surface area contributed by atoms with Gasteiger partial charge < -0.3 is 9.64 Å². The summed E-state index contributed by atoms with van der Waals surface area (Å²) in [7, 11) is 1.21. The number of carbonyl (C=O) groups is 2. The van der Waals surface area contributed by atoms with E-state index in [1.807, 2.05) is 0 Å². The highest BCUT2D eigenvalue weighted by atomic mass is 19.4. The van der Waals surface area contributed by atoms with Gasteiger partial charge in [-0.2, -0.15) is 13.2 Å². The molecule has 0 aromatic heterocycles. The first-order valence-electron chi connectivity index (χ1n) is 9.57. The number of nitrogens with zero attached hydrogens (tertiary/aromatic N) is 1. The van der Waals surface area contributed by atoms with Crippen LogP contribution in [0.25, 0.3) is 0 Å². The molecule has 0 aliphatic heterocycles. The standard InChI is InChI=1S/C22H20F5NO3/c1-31-20(29)8-9-28(12-13-2-7-18(23)19(24)10-13)21(30)17-11-16(17)14-3-5-15(6-4-14)22(25,26)27/h2-7,10,16-17H,8-9,11-12H2,1H3. The minimum atomic E-state index is -4.44. The molecule has 1 amide bonds. The van der Waals surface area contributed by atoms with Gasteiger partial charge in [0.25, 0.3) is 0 Å². The SMILES string of the molecule is COC(=O)CCN(Cc1ccc(F)c(F)c1)C(=O)C1CC1c1ccc(C(F)(F)F)cc1. The predicted octanol–water partition coefficient (Wildman–Crippen LogP) is 4.68. The lowest BCUT2D eigenvalue weighted by Gasteiger charge is -2.23. The summed E-state index contributed by atoms with van der Waals surface area (Å²) in [5.74, 6) is -3.59. The summed E-state index contributed by atoms with van der Waals surface area (Å²) >= 11 is 0. The van der Waals surface area contributed by atoms with Crippen LogP contribution in [0.3, 0.4) is 0 Å². The van der Waals surface area contributed by atoms with Crippen molar-refractivity contribution in [2.45, 2.75) is 31.5 Å². The van der Waals surface area contributed by atoms with Gasteiger partial charge in [0.1, 0.15) is 0 Å². The lowest BCUT2D eigenvalue weighted by Crippen LogP contribution is -2.34. The van der Waals surface area contributed by atoms with Gasteiger partial charge in [0.05, 0.1) is 19.1 Å². The summed E-state index contributed by atoms with van der Waals surface area (Å²) in [5.41, 5.74) is 0.203. The average Bonchev–Trinajstić information content (AvgIpc) is 3.53. The Balaban J connectivity index is 1.72. The van der Waals surface area contributed by atoms with Crippen LogP contribution in [0.15, 0.2) is 42.5 Å². The van der Waals surface area contributed by atoms with Crippen LogP contribution in [0.5, 0.6) is 0 Å². The van der Waals surface area contributed by atoms with Crippen molar-refractivity contribution >= 4 is 11.9 Å². The Bertz CT molecular complexity index is 959. The van der Waals surface area contributed by atoms with E-state index in [-0.39, 0.29) is 31.3 Å². The first-order chi connectivity index (χ1) is 14.6. The van der Waals surface area contributed by atoms with Crippen molar-refractivity contribution in [3.63, 3.8) is 0 Å². The number of hydrogen-bond donors (Lipinski definition) is 0. The Labute approximate surface area is 175 Å². The first-order valence-corrected chi connectivity index (χ1v) is 9.57. The molecule has 0 bridgehead atoms. The van der Waals surface area contributed by atoms with Crippen LogP contribution in [0, 0.1) is 17.6 Å². The number of alkyl halides is 3. The van der Waals surface area contributed by atoms with Crippen LogP contribution < -0.4 is 0 Å². The number of amides is 1. The third kappa shape index (κ3) is 5.59. The van der Waals surface area contributed by atoms with E-state index in [2.05, 4.69) is 4.74 Å². The molecule has 2 aromatic rings. The van der Waals surface area contributed by atoms with Crippen LogP contribution in [0.2, 0.25) is 0 Å². The maximum absolute atomic E-state index is 13.5. The van der Waals surface area contributed by atoms with Crippen molar-refractivity contribution in [3.8, 4) is 0 Å². The normalized spacial score (nSPS) is 17.9. The van der Waals surface area contributed by atoms with Gasteiger partial charge in [-0.05, 0) is 47.7 Å². The van der Waals surface area contributed by atoms with Crippen LogP contribution >= 0.6 is 0 Å². The van der Waals surface area contributed by atoms with Crippen molar-refractivity contribution in [3.05, 3.63) is 70.8 Å². The molecule has 9 heteroatoms. The molecule has 166 valence electrons. The second-order valence-corrected chi connectivity index (χ2v) is 7.40. The van der Waals surface area contributed by atoms with E-state index in [4.69, 9.17) is 0 Å². The highest BCUT2D eigenvalue weighted by Gasteiger charge is 2.46. The lowest BCUT2D eigenvalue weighted by atomic mass is 10.1. The molecule has 2 aromatic carbocycles. The molecule has 4 nitrogen and oxygen atoms in total. The molecule has 0 spiro atoms. The van der Waals surface area contributed by atoms with Crippen molar-refractivity contribution < 1.29 is 36.3 Å². The van der Waals surface area contributed by atoms with E-state index in [0.29, 0.717) is 17.5 Å². The zero-order valence-corrected chi connectivity index (χ0v) is 16.6. The molecule has 0 heterocycles. The minimum Gasteiger partial charge on any atom is -0.469 e. The Morgan fingerprint density at radius 2 is 1.74 bits per heavy atom. The molecule has 3 rings (SSSR count). The van der Waals surface area contributed by atoms with Gasteiger partial charge >= 0.3 is 12.1 Å². The maximum Gasteiger partial charge on any atom is 0.416 e. The van der Waals surface area contributed by atoms with Crippen molar-refractivity contribution in [1.29, 1.82) is 0 Å². The molecule has 1 fully saturated rings. The molecule has 0 N–H and O–H groups in total. The number of methoxy groups -OCH3 is 1. The number of ether oxygens (including phenoxy) is 1. The summed E-state index contributed by atoms with van der Waals surface area (Å²) in [5, 5.41) is 0. The molecular formula is C22H20F5NO3. The number of hydrogen-bond acceptors (Lipinski definition) is 3. The van der Waals surface area contributed by atoms with Crippen LogP contribution in [-0.2, 0) is 27.0 Å². The Hall–Kier alpha value is -2.97. The van der Waals surface area contributed by atoms with E-state index in [9.17, 15) is 31.5 Å². The molecular weight excluding hydrogens is 421 g/mol. The highest BCUT2D eigenvalue weighted by Crippen LogP contribution is 2.49. The van der Waals surface area contributed by atoms with Gasteiger partial charge in [0.2, 0.25) is 5.91 Å². The van der Waals surface area contributed by atoms with E-state index in [0.717, 1.165) is 24.3 Å². The topological polar surface area (TPSA) is 46.6 Å². The second-order valence-electron chi connectivity index (χ2n) is 7.40. The zero-order chi connectivity index (χ0) is 22.8. The number of benzene rings is 2. The molecule has 2 unspecified atom stereocenters. The smallest absolute Gasteiger partial charge is 0.416 e. The Morgan fingerprint density at radius 3 is 2.32 bits per heavy atom. The molecule has 1 saturated carbocycles. The van der Waals surface area contributed by atoms with Gasteiger partial charge in [0, 0.05) is 19.0 Å². The van der Waals surface area contributed by atoms with E-state index >= 15 is 0 Å². The summed E-state index contributed by atoms with van der Waals surface area (Å²) in [6.45, 7) is -0.0238. The quantitative estimate of drug-likeness (QED) is 0.463. The maximum atomic E-state index is 13.5. The van der Waals surface area contributed by atoms with Gasteiger partial charge in [0.15, 0.2) is 11.6 Å². The third-order valence-electron chi connectivity index (χ3n) is 5.26. The van der Waals surface area contributed by atoms with Crippen LogP contribution in [0.1, 0.15) is 35.4 Å². The fraction of sp³-hybridized carbons (Fsp3) is 0.364. The first kappa shape index (κ1) is 22.7. The minimum absolute atomic E-state index is 0.0146. The summed E-state index contributed by atoms with van der Waals surface area (Å²) < 4.78 is 69.5. The molecule has 0 saturated heterocycles. The Morgan fingerprint density at radius 1 is 1.06 bits per heavy atom. The van der Waals surface area contributed by atoms with Crippen LogP contribution in [-0.4, -0.2) is 30.4 Å². The van der Waals surface area contributed by atoms with E-state index < -0.39 is 35.3 Å². The summed E-state index contributed by atoms with van der Waals surface area (Å²) in [6, 6.07) is 7.95. The van der Waals surface area contributed by atoms with Crippen molar-refractivity contribution in [2.75, 3.05) is 13.7 Å². The van der Waals surface area contributed by atoms with Gasteiger partial charge in [-0.15, -0.1) is 0 Å². The Kier molecular flexibility index (Phi) is 6.62. The molecule has 31 heavy (non-hydrogen) atoms. The van der Waals surface area contributed by atoms with Crippen molar-refractivity contribution in [1.82, 2.24) is 4.90 Å². The summed E-state index contributed by atoms with van der Waals surface area (Å²) in [6.07, 6.45) is -4.06. The predicted molar refractivity (Wildman–Crippen MR) is 101 cm³/mol. The van der Waals surface area contributed by atoms with Gasteiger partial charge in [-0.3, -0.25) is 9.59 Å². The third-order valence-corrected chi connectivity index (χ3v) is 5.26. The fourth-order valence-corrected chi connectivity index (χ4v) is 3.44. The molecule has 2 atom stereocenters. The fourth-order valence-electron chi connectivity index (χ4n) is 3.44. The van der Waals surface area contributed by atoms with Crippen LogP contribution in [0.4, 0.5) is 22.0 Å². The highest BCUT2D eigenvalue weighted by molar-refractivity contribution is 5.83. The van der Waals surface area contributed by atoms with Crippen molar-refractivity contribution in [2.24, 2.45) is 5.92 Å². The van der Waals surface area contributed by atoms with Gasteiger partial charge in [-0.1, -0.05) is 18.2 Å². The second kappa shape index (κ2) is 9.03. The van der Waals surface area contributed by atoms with Gasteiger partial charge in [-0.25, -0.2) is 8.78 Å². The number of esters is 1. The monoisotopic (exact) mass is 441 g/mol. The van der Waals surface area contributed by atoms with E-state index in [1.165, 1.54) is 30.2 Å². The van der Waals surface area contributed by atoms with E-state index in [1.54, 1.807) is 0 Å². The number of carbonyl (C=O) groups excluding carboxylic acids is 2. The zero-order valence-electron chi connectivity index (χ0n) is 16.6. The average molecular weight is 441 g/mol. The molecule has 1 aliphatic carbocycles. The largest absolute Gasteiger partial charge is 0.469 e. The lowest BCUT2D eigenvalue weighted by molar-refractivity contribution is -0.142. The summed E-state index contributed by atoms with van der Waals surface area (Å²) in [4.78, 5) is 25.9. The molecule has 0 radical (unpaired) electrons. The number of rotatable bonds is 7. The molecule has 1 aliphatic rings. The number of halogens is 5.